The number of aliphatic hydroxyl groups is 1. The third-order valence-electron chi connectivity index (χ3n) is 3.72. The Bertz CT molecular complexity index is 717. The lowest BCUT2D eigenvalue weighted by molar-refractivity contribution is 0.0914. The minimum atomic E-state index is -0.807. The van der Waals surface area contributed by atoms with Crippen molar-refractivity contribution in [3.8, 4) is 5.75 Å². The number of aromatic nitrogens is 2. The zero-order chi connectivity index (χ0) is 17.9. The quantitative estimate of drug-likeness (QED) is 0.880. The zero-order valence-corrected chi connectivity index (χ0v) is 14.8. The van der Waals surface area contributed by atoms with Crippen molar-refractivity contribution in [2.45, 2.75) is 32.3 Å². The highest BCUT2D eigenvalue weighted by Crippen LogP contribution is 2.24. The molecule has 0 spiro atoms. The number of carbonyl (C=O) groups excluding carboxylic acids is 1. The Morgan fingerprint density at radius 2 is 2.12 bits per heavy atom. The van der Waals surface area contributed by atoms with Crippen LogP contribution in [0.3, 0.4) is 0 Å². The highest BCUT2D eigenvalue weighted by Gasteiger charge is 2.25. The van der Waals surface area contributed by atoms with Crippen LogP contribution in [0, 0.1) is 0 Å². The summed E-state index contributed by atoms with van der Waals surface area (Å²) in [5.41, 5.74) is 1.72. The highest BCUT2D eigenvalue weighted by molar-refractivity contribution is 5.95. The number of methoxy groups -OCH3 is 1. The maximum atomic E-state index is 12.5. The van der Waals surface area contributed by atoms with Crippen molar-refractivity contribution >= 4 is 5.91 Å². The van der Waals surface area contributed by atoms with Crippen LogP contribution >= 0.6 is 0 Å². The van der Waals surface area contributed by atoms with Gasteiger partial charge in [0.15, 0.2) is 0 Å². The van der Waals surface area contributed by atoms with Crippen molar-refractivity contribution in [1.29, 1.82) is 0 Å². The van der Waals surface area contributed by atoms with Crippen LogP contribution in [0.15, 0.2) is 30.5 Å². The van der Waals surface area contributed by atoms with Gasteiger partial charge in [0.25, 0.3) is 5.91 Å². The predicted octanol–water partition coefficient (Wildman–Crippen LogP) is 2.19. The third-order valence-corrected chi connectivity index (χ3v) is 3.72. The smallest absolute Gasteiger partial charge is 0.254 e. The minimum absolute atomic E-state index is 0.116. The molecule has 0 aliphatic rings. The summed E-state index contributed by atoms with van der Waals surface area (Å²) < 4.78 is 6.78. The molecule has 6 heteroatoms. The molecule has 1 unspecified atom stereocenters. The van der Waals surface area contributed by atoms with E-state index >= 15 is 0 Å². The predicted molar refractivity (Wildman–Crippen MR) is 92.2 cm³/mol. The van der Waals surface area contributed by atoms with E-state index in [2.05, 4.69) is 10.4 Å². The zero-order valence-electron chi connectivity index (χ0n) is 14.8. The van der Waals surface area contributed by atoms with Gasteiger partial charge in [-0.1, -0.05) is 32.9 Å². The fraction of sp³-hybridized carbons (Fsp3) is 0.444. The van der Waals surface area contributed by atoms with Gasteiger partial charge in [0, 0.05) is 25.2 Å². The second-order valence-corrected chi connectivity index (χ2v) is 6.82. The van der Waals surface area contributed by atoms with Crippen LogP contribution in [0.25, 0.3) is 0 Å². The number of aryl methyl sites for hydroxylation is 1. The summed E-state index contributed by atoms with van der Waals surface area (Å²) in [6, 6.07) is 7.16. The van der Waals surface area contributed by atoms with Crippen molar-refractivity contribution in [1.82, 2.24) is 15.1 Å². The summed E-state index contributed by atoms with van der Waals surface area (Å²) in [6.45, 7) is 6.15. The second kappa shape index (κ2) is 7.05. The fourth-order valence-electron chi connectivity index (χ4n) is 2.46. The molecule has 1 aromatic carbocycles. The molecule has 130 valence electrons. The molecular weight excluding hydrogens is 306 g/mol. The van der Waals surface area contributed by atoms with Crippen molar-refractivity contribution in [3.63, 3.8) is 0 Å². The minimum Gasteiger partial charge on any atom is -0.497 e. The molecule has 1 aromatic heterocycles. The molecule has 1 amide bonds. The summed E-state index contributed by atoms with van der Waals surface area (Å²) in [4.78, 5) is 12.5. The Kier molecular flexibility index (Phi) is 5.29. The molecule has 0 aliphatic heterocycles. The Morgan fingerprint density at radius 3 is 2.75 bits per heavy atom. The number of nitrogens with one attached hydrogen (secondary N) is 1. The molecule has 0 radical (unpaired) electrons. The van der Waals surface area contributed by atoms with Crippen molar-refractivity contribution in [2.75, 3.05) is 13.7 Å². The topological polar surface area (TPSA) is 76.4 Å². The van der Waals surface area contributed by atoms with E-state index in [1.165, 1.54) is 0 Å². The molecule has 0 aliphatic carbocycles. The maximum absolute atomic E-state index is 12.5. The number of nitrogens with zero attached hydrogens (tertiary/aromatic N) is 2. The summed E-state index contributed by atoms with van der Waals surface area (Å²) >= 11 is 0. The monoisotopic (exact) mass is 331 g/mol. The van der Waals surface area contributed by atoms with E-state index in [1.54, 1.807) is 49.3 Å². The number of ether oxygens (including phenoxy) is 1. The molecule has 2 aromatic rings. The number of hydrogen-bond acceptors (Lipinski definition) is 4. The largest absolute Gasteiger partial charge is 0.497 e. The van der Waals surface area contributed by atoms with E-state index in [0.717, 1.165) is 5.69 Å². The van der Waals surface area contributed by atoms with Gasteiger partial charge in [-0.25, -0.2) is 0 Å². The molecule has 24 heavy (non-hydrogen) atoms. The molecule has 6 nitrogen and oxygen atoms in total. The van der Waals surface area contributed by atoms with Crippen LogP contribution in [0.2, 0.25) is 0 Å². The van der Waals surface area contributed by atoms with Crippen LogP contribution in [0.5, 0.6) is 5.75 Å². The molecule has 0 bridgehead atoms. The van der Waals surface area contributed by atoms with Crippen LogP contribution in [-0.4, -0.2) is 34.4 Å². The molecule has 2 rings (SSSR count). The highest BCUT2D eigenvalue weighted by atomic mass is 16.5. The summed E-state index contributed by atoms with van der Waals surface area (Å²) in [5, 5.41) is 17.4. The van der Waals surface area contributed by atoms with Crippen molar-refractivity contribution in [2.24, 2.45) is 7.05 Å². The van der Waals surface area contributed by atoms with Gasteiger partial charge < -0.3 is 15.2 Å². The summed E-state index contributed by atoms with van der Waals surface area (Å²) in [7, 11) is 3.36. The van der Waals surface area contributed by atoms with Crippen LogP contribution in [0.4, 0.5) is 0 Å². The van der Waals surface area contributed by atoms with Gasteiger partial charge in [0.05, 0.1) is 24.5 Å². The van der Waals surface area contributed by atoms with Crippen molar-refractivity contribution < 1.29 is 14.6 Å². The molecule has 1 heterocycles. The van der Waals surface area contributed by atoms with Crippen LogP contribution in [-0.2, 0) is 12.5 Å². The van der Waals surface area contributed by atoms with E-state index < -0.39 is 6.10 Å². The summed E-state index contributed by atoms with van der Waals surface area (Å²) in [5.74, 6) is 0.426. The lowest BCUT2D eigenvalue weighted by Gasteiger charge is -2.18. The van der Waals surface area contributed by atoms with Gasteiger partial charge in [0.1, 0.15) is 5.75 Å². The van der Waals surface area contributed by atoms with Crippen LogP contribution in [0.1, 0.15) is 48.5 Å². The molecule has 0 fully saturated rings. The molecular formula is C18H25N3O3. The van der Waals surface area contributed by atoms with Gasteiger partial charge in [-0.15, -0.1) is 0 Å². The van der Waals surface area contributed by atoms with Gasteiger partial charge in [-0.05, 0) is 17.7 Å². The molecule has 1 atom stereocenters. The normalized spacial score (nSPS) is 12.8. The van der Waals surface area contributed by atoms with Crippen molar-refractivity contribution in [3.05, 3.63) is 47.3 Å². The lowest BCUT2D eigenvalue weighted by atomic mass is 9.89. The molecule has 0 saturated heterocycles. The van der Waals surface area contributed by atoms with E-state index in [9.17, 15) is 9.90 Å². The van der Waals surface area contributed by atoms with E-state index in [-0.39, 0.29) is 17.9 Å². The van der Waals surface area contributed by atoms with Gasteiger partial charge in [-0.3, -0.25) is 9.48 Å². The number of carbonyl (C=O) groups is 1. The molecule has 2 N–H and O–H groups in total. The maximum Gasteiger partial charge on any atom is 0.254 e. The first kappa shape index (κ1) is 18.0. The number of aliphatic hydroxyl groups excluding tert-OH is 1. The first-order valence-electron chi connectivity index (χ1n) is 7.86. The Labute approximate surface area is 142 Å². The standard InChI is InChI=1S/C18H25N3O3/c1-18(2,3)16-14(11-21(4)20-16)17(23)19-10-15(22)12-7-6-8-13(9-12)24-5/h6-9,11,15,22H,10H2,1-5H3,(H,19,23). The number of amides is 1. The lowest BCUT2D eigenvalue weighted by Crippen LogP contribution is -2.30. The third kappa shape index (κ3) is 4.14. The Hall–Kier alpha value is -2.34. The Balaban J connectivity index is 2.08. The van der Waals surface area contributed by atoms with Gasteiger partial charge in [0.2, 0.25) is 0 Å². The fourth-order valence-corrected chi connectivity index (χ4v) is 2.46. The SMILES string of the molecule is COc1cccc(C(O)CNC(=O)c2cn(C)nc2C(C)(C)C)c1. The van der Waals surface area contributed by atoms with E-state index in [0.29, 0.717) is 16.9 Å². The number of rotatable bonds is 5. The first-order chi connectivity index (χ1) is 11.2. The Morgan fingerprint density at radius 1 is 1.42 bits per heavy atom. The average Bonchev–Trinajstić information content (AvgIpc) is 2.94. The second-order valence-electron chi connectivity index (χ2n) is 6.82. The summed E-state index contributed by atoms with van der Waals surface area (Å²) in [6.07, 6.45) is 0.896. The number of benzene rings is 1. The average molecular weight is 331 g/mol. The molecule has 0 saturated carbocycles. The number of hydrogen-bond donors (Lipinski definition) is 2. The van der Waals surface area contributed by atoms with Gasteiger partial charge in [-0.2, -0.15) is 5.10 Å². The van der Waals surface area contributed by atoms with Gasteiger partial charge >= 0.3 is 0 Å². The van der Waals surface area contributed by atoms with E-state index in [4.69, 9.17) is 4.74 Å². The van der Waals surface area contributed by atoms with Crippen LogP contribution < -0.4 is 10.1 Å². The van der Waals surface area contributed by atoms with E-state index in [1.807, 2.05) is 20.8 Å². The first-order valence-corrected chi connectivity index (χ1v) is 7.86.